The van der Waals surface area contributed by atoms with Crippen LogP contribution in [0.1, 0.15) is 48.9 Å². The third-order valence-electron chi connectivity index (χ3n) is 7.94. The van der Waals surface area contributed by atoms with Gasteiger partial charge in [-0.3, -0.25) is 4.79 Å². The number of anilines is 2. The average molecular weight is 614 g/mol. The van der Waals surface area contributed by atoms with Crippen LogP contribution >= 0.6 is 0 Å². The van der Waals surface area contributed by atoms with E-state index in [1.807, 2.05) is 0 Å². The predicted octanol–water partition coefficient (Wildman–Crippen LogP) is 6.47. The van der Waals surface area contributed by atoms with E-state index in [0.29, 0.717) is 29.1 Å². The zero-order chi connectivity index (χ0) is 31.9. The van der Waals surface area contributed by atoms with Gasteiger partial charge < -0.3 is 20.4 Å². The highest BCUT2D eigenvalue weighted by Crippen LogP contribution is 2.41. The van der Waals surface area contributed by atoms with Gasteiger partial charge in [-0.25, -0.2) is 9.37 Å². The Hall–Kier alpha value is -3.71. The summed E-state index contributed by atoms with van der Waals surface area (Å²) in [5.41, 5.74) is -4.27. The molecule has 0 spiro atoms. The van der Waals surface area contributed by atoms with E-state index in [0.717, 1.165) is 0 Å². The first-order chi connectivity index (χ1) is 20.0. The number of aryl methyl sites for hydroxylation is 1. The molecule has 3 atom stereocenters. The molecule has 1 aliphatic rings. The zero-order valence-electron chi connectivity index (χ0n) is 23.4. The molecule has 1 amide bonds. The number of alkyl halides is 6. The number of hydrogen-bond acceptors (Lipinski definition) is 5. The van der Waals surface area contributed by atoms with Crippen LogP contribution in [0, 0.1) is 12.7 Å². The highest BCUT2D eigenvalue weighted by atomic mass is 19.4. The van der Waals surface area contributed by atoms with Crippen molar-refractivity contribution in [3.63, 3.8) is 0 Å². The molecular weight excluding hydrogens is 583 g/mol. The Balaban J connectivity index is 1.81. The number of pyridine rings is 1. The number of rotatable bonds is 7. The summed E-state index contributed by atoms with van der Waals surface area (Å²) < 4.78 is 95.6. The van der Waals surface area contributed by atoms with E-state index in [1.54, 1.807) is 11.0 Å². The van der Waals surface area contributed by atoms with Crippen LogP contribution in [0.4, 0.5) is 42.2 Å². The molecule has 4 rings (SSSR count). The Labute approximate surface area is 243 Å². The number of aliphatic hydroxyl groups is 2. The van der Waals surface area contributed by atoms with Crippen molar-refractivity contribution in [1.82, 2.24) is 4.98 Å². The maximum Gasteiger partial charge on any atom is 0.416 e. The molecule has 1 aromatic heterocycles. The summed E-state index contributed by atoms with van der Waals surface area (Å²) in [4.78, 5) is 19.8. The standard InChI is InChI=1S/C30H30F7N3O3/c1-4-28(3,18-8-19(29(32,33)34)10-20(9-18)30(35,36)37)27(43)39-25-13-38-26(40-14-22(42)11-21(40)15-41)12-23(25)17-5-6-24(31)16(2)7-17/h5-10,12-13,21-22,41-42H,4,11,14-15H2,1-3H3,(H,39,43)/t21?,22-,28-/m0/s1. The van der Waals surface area contributed by atoms with E-state index in [4.69, 9.17) is 0 Å². The Morgan fingerprint density at radius 2 is 1.63 bits per heavy atom. The van der Waals surface area contributed by atoms with E-state index in [-0.39, 0.29) is 43.3 Å². The second-order valence-corrected chi connectivity index (χ2v) is 10.9. The van der Waals surface area contributed by atoms with E-state index in [1.165, 1.54) is 45.2 Å². The summed E-state index contributed by atoms with van der Waals surface area (Å²) in [6, 6.07) is 6.36. The number of β-amino-alcohol motifs (C(OH)–C–C–N with tert-alkyl or cyclic N) is 1. The number of aromatic nitrogens is 1. The number of aliphatic hydroxyl groups excluding tert-OH is 2. The molecule has 232 valence electrons. The molecule has 3 N–H and O–H groups in total. The number of carbonyl (C=O) groups excluding carboxylic acids is 1. The molecule has 0 bridgehead atoms. The molecule has 13 heteroatoms. The molecule has 0 radical (unpaired) electrons. The lowest BCUT2D eigenvalue weighted by molar-refractivity contribution is -0.143. The molecule has 1 fully saturated rings. The Morgan fingerprint density at radius 1 is 1.02 bits per heavy atom. The number of carbonyl (C=O) groups is 1. The van der Waals surface area contributed by atoms with Gasteiger partial charge in [0.2, 0.25) is 5.91 Å². The van der Waals surface area contributed by atoms with Crippen molar-refractivity contribution >= 4 is 17.4 Å². The van der Waals surface area contributed by atoms with Crippen molar-refractivity contribution in [3.05, 3.63) is 76.7 Å². The average Bonchev–Trinajstić information content (AvgIpc) is 3.33. The maximum atomic E-state index is 14.1. The van der Waals surface area contributed by atoms with Crippen molar-refractivity contribution in [2.45, 2.75) is 63.5 Å². The van der Waals surface area contributed by atoms with Crippen LogP contribution in [0.3, 0.4) is 0 Å². The van der Waals surface area contributed by atoms with E-state index in [9.17, 15) is 45.7 Å². The van der Waals surface area contributed by atoms with Crippen molar-refractivity contribution < 1.29 is 45.7 Å². The SMILES string of the molecule is CC[C@](C)(C(=O)Nc1cnc(N2C[C@@H](O)CC2CO)cc1-c1ccc(F)c(C)c1)c1cc(C(F)(F)F)cc(C(F)(F)F)c1. The van der Waals surface area contributed by atoms with Crippen molar-refractivity contribution in [1.29, 1.82) is 0 Å². The minimum Gasteiger partial charge on any atom is -0.394 e. The molecule has 1 saturated heterocycles. The van der Waals surface area contributed by atoms with Crippen molar-refractivity contribution in [3.8, 4) is 11.1 Å². The molecule has 6 nitrogen and oxygen atoms in total. The minimum absolute atomic E-state index is 0.00401. The molecule has 2 aromatic carbocycles. The zero-order valence-corrected chi connectivity index (χ0v) is 23.4. The number of benzene rings is 2. The van der Waals surface area contributed by atoms with Gasteiger partial charge in [0.25, 0.3) is 0 Å². The second-order valence-electron chi connectivity index (χ2n) is 10.9. The van der Waals surface area contributed by atoms with Gasteiger partial charge in [0.05, 0.1) is 47.2 Å². The fourth-order valence-electron chi connectivity index (χ4n) is 5.13. The number of hydrogen-bond donors (Lipinski definition) is 3. The molecule has 1 aliphatic heterocycles. The lowest BCUT2D eigenvalue weighted by atomic mass is 9.77. The van der Waals surface area contributed by atoms with Gasteiger partial charge in [0.1, 0.15) is 11.6 Å². The molecule has 43 heavy (non-hydrogen) atoms. The number of halogens is 7. The summed E-state index contributed by atoms with van der Waals surface area (Å²) in [5.74, 6) is -1.05. The molecule has 3 aromatic rings. The van der Waals surface area contributed by atoms with Gasteiger partial charge in [-0.1, -0.05) is 13.0 Å². The van der Waals surface area contributed by atoms with Crippen LogP contribution in [-0.4, -0.2) is 46.4 Å². The molecule has 1 unspecified atom stereocenters. The fraction of sp³-hybridized carbons (Fsp3) is 0.400. The Bertz CT molecular complexity index is 1480. The first kappa shape index (κ1) is 32.2. The van der Waals surface area contributed by atoms with Gasteiger partial charge in [-0.2, -0.15) is 26.3 Å². The number of amides is 1. The summed E-state index contributed by atoms with van der Waals surface area (Å²) in [6.45, 7) is 4.13. The van der Waals surface area contributed by atoms with Crippen LogP contribution in [0.25, 0.3) is 11.1 Å². The van der Waals surface area contributed by atoms with Crippen molar-refractivity contribution in [2.24, 2.45) is 0 Å². The monoisotopic (exact) mass is 613 g/mol. The predicted molar refractivity (Wildman–Crippen MR) is 146 cm³/mol. The first-order valence-electron chi connectivity index (χ1n) is 13.4. The molecule has 0 saturated carbocycles. The van der Waals surface area contributed by atoms with Gasteiger partial charge in [0.15, 0.2) is 0 Å². The third-order valence-corrected chi connectivity index (χ3v) is 7.94. The molecule has 0 aliphatic carbocycles. The minimum atomic E-state index is -5.09. The quantitative estimate of drug-likeness (QED) is 0.266. The topological polar surface area (TPSA) is 85.7 Å². The Kier molecular flexibility index (Phi) is 8.81. The maximum absolute atomic E-state index is 14.1. The number of nitrogens with zero attached hydrogens (tertiary/aromatic N) is 2. The van der Waals surface area contributed by atoms with E-state index in [2.05, 4.69) is 10.3 Å². The summed E-state index contributed by atoms with van der Waals surface area (Å²) >= 11 is 0. The van der Waals surface area contributed by atoms with Crippen LogP contribution in [0.2, 0.25) is 0 Å². The van der Waals surface area contributed by atoms with Crippen molar-refractivity contribution in [2.75, 3.05) is 23.4 Å². The van der Waals surface area contributed by atoms with Gasteiger partial charge >= 0.3 is 12.4 Å². The third kappa shape index (κ3) is 6.62. The van der Waals surface area contributed by atoms with Gasteiger partial charge in [-0.15, -0.1) is 0 Å². The summed E-state index contributed by atoms with van der Waals surface area (Å²) in [5, 5.41) is 22.5. The smallest absolute Gasteiger partial charge is 0.394 e. The van der Waals surface area contributed by atoms with Crippen LogP contribution in [-0.2, 0) is 22.6 Å². The summed E-state index contributed by atoms with van der Waals surface area (Å²) in [6.07, 6.45) is -9.52. The largest absolute Gasteiger partial charge is 0.416 e. The highest BCUT2D eigenvalue weighted by molar-refractivity contribution is 6.02. The normalized spacial score (nSPS) is 18.9. The van der Waals surface area contributed by atoms with E-state index >= 15 is 0 Å². The fourth-order valence-corrected chi connectivity index (χ4v) is 5.13. The first-order valence-corrected chi connectivity index (χ1v) is 13.4. The van der Waals surface area contributed by atoms with Gasteiger partial charge in [-0.05, 0) is 79.8 Å². The molecular formula is C30H30F7N3O3. The molecule has 2 heterocycles. The van der Waals surface area contributed by atoms with Crippen LogP contribution in [0.15, 0.2) is 48.7 Å². The lowest BCUT2D eigenvalue weighted by Gasteiger charge is -2.30. The van der Waals surface area contributed by atoms with E-state index < -0.39 is 58.3 Å². The number of nitrogens with one attached hydrogen (secondary N) is 1. The van der Waals surface area contributed by atoms with Crippen LogP contribution < -0.4 is 10.2 Å². The van der Waals surface area contributed by atoms with Crippen LogP contribution in [0.5, 0.6) is 0 Å². The van der Waals surface area contributed by atoms with Gasteiger partial charge in [0, 0.05) is 12.1 Å². The summed E-state index contributed by atoms with van der Waals surface area (Å²) in [7, 11) is 0. The Morgan fingerprint density at radius 3 is 2.16 bits per heavy atom. The lowest BCUT2D eigenvalue weighted by Crippen LogP contribution is -2.38. The highest BCUT2D eigenvalue weighted by Gasteiger charge is 2.41. The second kappa shape index (κ2) is 11.8.